The van der Waals surface area contributed by atoms with Gasteiger partial charge in [-0.25, -0.2) is 12.7 Å². The molecular weight excluding hydrogens is 341 g/mol. The predicted molar refractivity (Wildman–Crippen MR) is 81.6 cm³/mol. The molecule has 1 aliphatic rings. The van der Waals surface area contributed by atoms with Crippen molar-refractivity contribution in [2.24, 2.45) is 0 Å². The molecule has 116 valence electrons. The molecule has 21 heavy (non-hydrogen) atoms. The summed E-state index contributed by atoms with van der Waals surface area (Å²) in [6.07, 6.45) is 0.626. The summed E-state index contributed by atoms with van der Waals surface area (Å²) in [5, 5.41) is 13.8. The molecule has 10 heteroatoms. The number of halogens is 2. The predicted octanol–water partition coefficient (Wildman–Crippen LogP) is 2.35. The molecule has 0 radical (unpaired) electrons. The average molecular weight is 354 g/mol. The van der Waals surface area contributed by atoms with E-state index in [9.17, 15) is 18.5 Å². The second-order valence-electron chi connectivity index (χ2n) is 4.54. The average Bonchev–Trinajstić information content (AvgIpc) is 2.71. The van der Waals surface area contributed by atoms with Crippen molar-refractivity contribution in [2.75, 3.05) is 30.7 Å². The Bertz CT molecular complexity index is 642. The van der Waals surface area contributed by atoms with Gasteiger partial charge in [-0.2, -0.15) is 0 Å². The number of rotatable bonds is 5. The van der Waals surface area contributed by atoms with Crippen molar-refractivity contribution in [3.8, 4) is 0 Å². The molecule has 2 rings (SSSR count). The van der Waals surface area contributed by atoms with Crippen molar-refractivity contribution in [3.63, 3.8) is 0 Å². The number of anilines is 1. The zero-order chi connectivity index (χ0) is 15.6. The van der Waals surface area contributed by atoms with Crippen molar-refractivity contribution >= 4 is 44.6 Å². The Balaban J connectivity index is 2.02. The standard InChI is InChI=1S/C11H13Cl2N3O4S/c12-9-6-8(16(17)18)7-10(13)11(9)14-2-4-15-3-1-5-21(15,19)20/h6-7,14H,1-5H2. The summed E-state index contributed by atoms with van der Waals surface area (Å²) < 4.78 is 24.7. The highest BCUT2D eigenvalue weighted by atomic mass is 35.5. The first-order valence-electron chi connectivity index (χ1n) is 6.16. The Morgan fingerprint density at radius 2 is 1.95 bits per heavy atom. The minimum Gasteiger partial charge on any atom is -0.381 e. The number of hydrogen-bond donors (Lipinski definition) is 1. The van der Waals surface area contributed by atoms with Crippen LogP contribution in [-0.2, 0) is 10.0 Å². The van der Waals surface area contributed by atoms with Crippen LogP contribution >= 0.6 is 23.2 Å². The van der Waals surface area contributed by atoms with Crippen LogP contribution in [0.3, 0.4) is 0 Å². The first-order valence-corrected chi connectivity index (χ1v) is 8.53. The maximum absolute atomic E-state index is 11.6. The zero-order valence-electron chi connectivity index (χ0n) is 10.9. The molecular formula is C11H13Cl2N3O4S. The Morgan fingerprint density at radius 3 is 2.43 bits per heavy atom. The number of sulfonamides is 1. The highest BCUT2D eigenvalue weighted by Gasteiger charge is 2.27. The molecule has 1 aromatic carbocycles. The summed E-state index contributed by atoms with van der Waals surface area (Å²) in [5.74, 6) is 0.173. The Kier molecular flexibility index (Phi) is 4.92. The summed E-state index contributed by atoms with van der Waals surface area (Å²) >= 11 is 11.9. The van der Waals surface area contributed by atoms with E-state index in [0.717, 1.165) is 0 Å². The van der Waals surface area contributed by atoms with Gasteiger partial charge in [-0.1, -0.05) is 23.2 Å². The van der Waals surface area contributed by atoms with E-state index < -0.39 is 14.9 Å². The van der Waals surface area contributed by atoms with Crippen molar-refractivity contribution in [1.29, 1.82) is 0 Å². The van der Waals surface area contributed by atoms with Gasteiger partial charge in [0.15, 0.2) is 0 Å². The van der Waals surface area contributed by atoms with Gasteiger partial charge in [0.25, 0.3) is 5.69 Å². The van der Waals surface area contributed by atoms with Crippen LogP contribution in [0.15, 0.2) is 12.1 Å². The van der Waals surface area contributed by atoms with Crippen LogP contribution in [0.2, 0.25) is 10.0 Å². The van der Waals surface area contributed by atoms with Gasteiger partial charge < -0.3 is 5.32 Å². The topological polar surface area (TPSA) is 92.6 Å². The third-order valence-corrected chi connectivity index (χ3v) is 5.66. The van der Waals surface area contributed by atoms with Crippen LogP contribution < -0.4 is 5.32 Å². The molecule has 1 fully saturated rings. The van der Waals surface area contributed by atoms with Gasteiger partial charge in [0.2, 0.25) is 10.0 Å². The lowest BCUT2D eigenvalue weighted by atomic mass is 10.2. The number of nitro benzene ring substituents is 1. The fourth-order valence-electron chi connectivity index (χ4n) is 2.08. The molecule has 0 atom stereocenters. The Labute approximate surface area is 132 Å². The third kappa shape index (κ3) is 3.76. The first-order chi connectivity index (χ1) is 9.81. The maximum atomic E-state index is 11.6. The SMILES string of the molecule is O=[N+]([O-])c1cc(Cl)c(NCCN2CCCS2(=O)=O)c(Cl)c1. The van der Waals surface area contributed by atoms with Gasteiger partial charge in [0.05, 0.1) is 26.4 Å². The van der Waals surface area contributed by atoms with Gasteiger partial charge >= 0.3 is 0 Å². The molecule has 1 aromatic rings. The highest BCUT2D eigenvalue weighted by molar-refractivity contribution is 7.89. The minimum absolute atomic E-state index is 0.124. The number of non-ortho nitro benzene ring substituents is 1. The second kappa shape index (κ2) is 6.35. The van der Waals surface area contributed by atoms with E-state index in [1.165, 1.54) is 16.4 Å². The molecule has 0 aliphatic carbocycles. The van der Waals surface area contributed by atoms with E-state index in [0.29, 0.717) is 31.7 Å². The maximum Gasteiger partial charge on any atom is 0.272 e. The quantitative estimate of drug-likeness (QED) is 0.647. The molecule has 1 aliphatic heterocycles. The fourth-order valence-corrected chi connectivity index (χ4v) is 4.22. The smallest absolute Gasteiger partial charge is 0.272 e. The lowest BCUT2D eigenvalue weighted by Gasteiger charge is -2.16. The highest BCUT2D eigenvalue weighted by Crippen LogP contribution is 2.34. The first kappa shape index (κ1) is 16.3. The van der Waals surface area contributed by atoms with Gasteiger partial charge in [-0.3, -0.25) is 10.1 Å². The van der Waals surface area contributed by atoms with Crippen molar-refractivity contribution in [1.82, 2.24) is 4.31 Å². The lowest BCUT2D eigenvalue weighted by molar-refractivity contribution is -0.384. The largest absolute Gasteiger partial charge is 0.381 e. The fraction of sp³-hybridized carbons (Fsp3) is 0.455. The van der Waals surface area contributed by atoms with E-state index >= 15 is 0 Å². The molecule has 0 spiro atoms. The van der Waals surface area contributed by atoms with Crippen LogP contribution in [0.4, 0.5) is 11.4 Å². The monoisotopic (exact) mass is 353 g/mol. The van der Waals surface area contributed by atoms with Crippen LogP contribution in [0, 0.1) is 10.1 Å². The van der Waals surface area contributed by atoms with Crippen LogP contribution in [0.1, 0.15) is 6.42 Å². The molecule has 0 saturated carbocycles. The summed E-state index contributed by atoms with van der Waals surface area (Å²) in [5.41, 5.74) is 0.165. The van der Waals surface area contributed by atoms with Crippen LogP contribution in [-0.4, -0.2) is 43.0 Å². The number of nitrogens with one attached hydrogen (secondary N) is 1. The van der Waals surface area contributed by atoms with Crippen molar-refractivity contribution in [3.05, 3.63) is 32.3 Å². The molecule has 1 N–H and O–H groups in total. The number of benzene rings is 1. The summed E-state index contributed by atoms with van der Waals surface area (Å²) in [6.45, 7) is 1.12. The minimum atomic E-state index is -3.14. The number of nitrogens with zero attached hydrogens (tertiary/aromatic N) is 2. The van der Waals surface area contributed by atoms with E-state index in [1.807, 2.05) is 0 Å². The van der Waals surface area contributed by atoms with Gasteiger partial charge in [-0.05, 0) is 6.42 Å². The van der Waals surface area contributed by atoms with Gasteiger partial charge in [0, 0.05) is 31.8 Å². The van der Waals surface area contributed by atoms with Crippen molar-refractivity contribution in [2.45, 2.75) is 6.42 Å². The third-order valence-electron chi connectivity index (χ3n) is 3.10. The normalized spacial score (nSPS) is 17.8. The Hall–Kier alpha value is -1.09. The number of hydrogen-bond acceptors (Lipinski definition) is 5. The summed E-state index contributed by atoms with van der Waals surface area (Å²) in [6, 6.07) is 2.39. The van der Waals surface area contributed by atoms with E-state index in [1.54, 1.807) is 0 Å². The molecule has 0 unspecified atom stereocenters. The molecule has 0 aromatic heterocycles. The molecule has 7 nitrogen and oxygen atoms in total. The molecule has 1 heterocycles. The zero-order valence-corrected chi connectivity index (χ0v) is 13.2. The van der Waals surface area contributed by atoms with Crippen molar-refractivity contribution < 1.29 is 13.3 Å². The van der Waals surface area contributed by atoms with E-state index in [-0.39, 0.29) is 21.5 Å². The number of nitro groups is 1. The summed E-state index contributed by atoms with van der Waals surface area (Å²) in [7, 11) is -3.14. The van der Waals surface area contributed by atoms with Gasteiger partial charge in [0.1, 0.15) is 0 Å². The van der Waals surface area contributed by atoms with Gasteiger partial charge in [-0.15, -0.1) is 0 Å². The van der Waals surface area contributed by atoms with Crippen LogP contribution in [0.25, 0.3) is 0 Å². The summed E-state index contributed by atoms with van der Waals surface area (Å²) in [4.78, 5) is 10.1. The molecule has 1 saturated heterocycles. The Morgan fingerprint density at radius 1 is 1.33 bits per heavy atom. The molecule has 0 bridgehead atoms. The molecule has 0 amide bonds. The van der Waals surface area contributed by atoms with E-state index in [4.69, 9.17) is 23.2 Å². The second-order valence-corrected chi connectivity index (χ2v) is 7.44. The van der Waals surface area contributed by atoms with E-state index in [2.05, 4.69) is 5.32 Å². The lowest BCUT2D eigenvalue weighted by Crippen LogP contribution is -2.30. The van der Waals surface area contributed by atoms with Crippen LogP contribution in [0.5, 0.6) is 0 Å².